The molecule has 0 aliphatic carbocycles. The van der Waals surface area contributed by atoms with Crippen molar-refractivity contribution < 1.29 is 8.78 Å². The molecule has 0 N–H and O–H groups in total. The minimum Gasteiger partial charge on any atom is -0.289 e. The van der Waals surface area contributed by atoms with Gasteiger partial charge < -0.3 is 0 Å². The zero-order valence-electron chi connectivity index (χ0n) is 9.06. The number of benzene rings is 1. The molecule has 0 fully saturated rings. The van der Waals surface area contributed by atoms with E-state index in [0.717, 1.165) is 31.5 Å². The van der Waals surface area contributed by atoms with Crippen LogP contribution in [0.2, 0.25) is 0 Å². The summed E-state index contributed by atoms with van der Waals surface area (Å²) in [6.45, 7) is 4.73. The van der Waals surface area contributed by atoms with E-state index < -0.39 is 5.82 Å². The first-order valence-corrected chi connectivity index (χ1v) is 5.26. The van der Waals surface area contributed by atoms with E-state index in [1.165, 1.54) is 6.07 Å². The maximum Gasteiger partial charge on any atom is 0.132 e. The summed E-state index contributed by atoms with van der Waals surface area (Å²) in [6, 6.07) is 3.47. The molecule has 0 radical (unpaired) electrons. The first-order valence-electron chi connectivity index (χ1n) is 5.26. The third-order valence-electron chi connectivity index (χ3n) is 2.11. The molecule has 0 spiro atoms. The number of hydrogen-bond donors (Lipinski definition) is 0. The topological polar surface area (TPSA) is 12.4 Å². The van der Waals surface area contributed by atoms with E-state index in [-0.39, 0.29) is 5.82 Å². The Labute approximate surface area is 88.8 Å². The fraction of sp³-hybridized carbons (Fsp3) is 0.417. The fourth-order valence-electron chi connectivity index (χ4n) is 1.48. The Kier molecular flexibility index (Phi) is 4.40. The average molecular weight is 211 g/mol. The van der Waals surface area contributed by atoms with Gasteiger partial charge in [0.25, 0.3) is 0 Å². The average Bonchev–Trinajstić information content (AvgIpc) is 2.78. The molecule has 0 amide bonds. The van der Waals surface area contributed by atoms with Crippen LogP contribution >= 0.6 is 0 Å². The molecule has 0 saturated carbocycles. The highest BCUT2D eigenvalue weighted by Crippen LogP contribution is 2.17. The van der Waals surface area contributed by atoms with E-state index in [2.05, 4.69) is 4.99 Å². The third-order valence-corrected chi connectivity index (χ3v) is 2.11. The Morgan fingerprint density at radius 3 is 2.53 bits per heavy atom. The molecule has 0 bridgehead atoms. The van der Waals surface area contributed by atoms with Crippen LogP contribution in [0.4, 0.5) is 8.78 Å². The zero-order valence-corrected chi connectivity index (χ0v) is 9.06. The summed E-state index contributed by atoms with van der Waals surface area (Å²) in [5.41, 5.74) is 1.01. The first kappa shape index (κ1) is 11.8. The second kappa shape index (κ2) is 5.59. The second-order valence-electron chi connectivity index (χ2n) is 3.06. The van der Waals surface area contributed by atoms with E-state index in [1.54, 1.807) is 0 Å². The Balaban J connectivity index is 0.000000531. The third kappa shape index (κ3) is 2.85. The molecule has 0 unspecified atom stereocenters. The Morgan fingerprint density at radius 1 is 1.20 bits per heavy atom. The van der Waals surface area contributed by atoms with Gasteiger partial charge >= 0.3 is 0 Å². The van der Waals surface area contributed by atoms with Gasteiger partial charge in [-0.1, -0.05) is 13.8 Å². The Bertz CT molecular complexity index is 359. The van der Waals surface area contributed by atoms with Gasteiger partial charge in [0, 0.05) is 17.8 Å². The molecule has 1 nitrogen and oxygen atoms in total. The standard InChI is InChI=1S/C10H9F2N.C2H6/c11-7-3-4-9(12)8(6-7)10-2-1-5-13-10;1-2/h3-4,6H,1-2,5H2;1-2H3. The van der Waals surface area contributed by atoms with Crippen LogP contribution < -0.4 is 0 Å². The summed E-state index contributed by atoms with van der Waals surface area (Å²) in [5.74, 6) is -0.798. The van der Waals surface area contributed by atoms with Gasteiger partial charge in [-0.15, -0.1) is 0 Å². The van der Waals surface area contributed by atoms with Crippen molar-refractivity contribution in [2.75, 3.05) is 6.54 Å². The number of nitrogens with zero attached hydrogens (tertiary/aromatic N) is 1. The molecule has 3 heteroatoms. The summed E-state index contributed by atoms with van der Waals surface area (Å²) in [6.07, 6.45) is 1.69. The minimum absolute atomic E-state index is 0.317. The van der Waals surface area contributed by atoms with Gasteiger partial charge in [0.05, 0.1) is 0 Å². The molecule has 82 valence electrons. The summed E-state index contributed by atoms with van der Waals surface area (Å²) in [7, 11) is 0. The van der Waals surface area contributed by atoms with Gasteiger partial charge in [-0.25, -0.2) is 8.78 Å². The summed E-state index contributed by atoms with van der Waals surface area (Å²) in [4.78, 5) is 4.12. The van der Waals surface area contributed by atoms with Crippen LogP contribution in [0.1, 0.15) is 32.3 Å². The number of halogens is 2. The van der Waals surface area contributed by atoms with Crippen LogP contribution in [-0.2, 0) is 0 Å². The SMILES string of the molecule is CC.Fc1ccc(F)c(C2=NCCC2)c1. The van der Waals surface area contributed by atoms with Gasteiger partial charge in [0.1, 0.15) is 11.6 Å². The quantitative estimate of drug-likeness (QED) is 0.673. The number of rotatable bonds is 1. The van der Waals surface area contributed by atoms with Gasteiger partial charge in [0.15, 0.2) is 0 Å². The predicted molar refractivity (Wildman–Crippen MR) is 58.3 cm³/mol. The first-order chi connectivity index (χ1) is 7.27. The van der Waals surface area contributed by atoms with Crippen LogP contribution in [0.5, 0.6) is 0 Å². The van der Waals surface area contributed by atoms with Crippen LogP contribution in [-0.4, -0.2) is 12.3 Å². The van der Waals surface area contributed by atoms with Gasteiger partial charge in [-0.3, -0.25) is 4.99 Å². The van der Waals surface area contributed by atoms with Crippen molar-refractivity contribution in [3.05, 3.63) is 35.4 Å². The predicted octanol–water partition coefficient (Wildman–Crippen LogP) is 3.57. The highest BCUT2D eigenvalue weighted by molar-refractivity contribution is 6.01. The summed E-state index contributed by atoms with van der Waals surface area (Å²) < 4.78 is 26.0. The lowest BCUT2D eigenvalue weighted by atomic mass is 10.1. The molecule has 0 aromatic heterocycles. The molecular weight excluding hydrogens is 196 g/mol. The van der Waals surface area contributed by atoms with Crippen LogP contribution in [0.15, 0.2) is 23.2 Å². The molecule has 1 aromatic rings. The van der Waals surface area contributed by atoms with Gasteiger partial charge in [0.2, 0.25) is 0 Å². The van der Waals surface area contributed by atoms with E-state index in [0.29, 0.717) is 11.3 Å². The molecule has 15 heavy (non-hydrogen) atoms. The van der Waals surface area contributed by atoms with E-state index in [1.807, 2.05) is 13.8 Å². The maximum atomic E-state index is 13.2. The van der Waals surface area contributed by atoms with Crippen LogP contribution in [0, 0.1) is 11.6 Å². The normalized spacial score (nSPS) is 14.3. The Hall–Kier alpha value is -1.25. The lowest BCUT2D eigenvalue weighted by molar-refractivity contribution is 0.598. The van der Waals surface area contributed by atoms with Crippen molar-refractivity contribution >= 4 is 5.71 Å². The fourth-order valence-corrected chi connectivity index (χ4v) is 1.48. The van der Waals surface area contributed by atoms with Crippen molar-refractivity contribution in [1.82, 2.24) is 0 Å². The van der Waals surface area contributed by atoms with Crippen molar-refractivity contribution in [1.29, 1.82) is 0 Å². The zero-order chi connectivity index (χ0) is 11.3. The molecule has 2 rings (SSSR count). The van der Waals surface area contributed by atoms with Crippen LogP contribution in [0.3, 0.4) is 0 Å². The number of hydrogen-bond acceptors (Lipinski definition) is 1. The van der Waals surface area contributed by atoms with Crippen molar-refractivity contribution in [3.63, 3.8) is 0 Å². The van der Waals surface area contributed by atoms with Crippen LogP contribution in [0.25, 0.3) is 0 Å². The van der Waals surface area contributed by atoms with E-state index >= 15 is 0 Å². The maximum absolute atomic E-state index is 13.2. The minimum atomic E-state index is -0.411. The van der Waals surface area contributed by atoms with Crippen molar-refractivity contribution in [2.24, 2.45) is 4.99 Å². The molecule has 0 atom stereocenters. The monoisotopic (exact) mass is 211 g/mol. The number of aliphatic imine (C=N–C) groups is 1. The molecule has 1 aliphatic rings. The summed E-state index contributed by atoms with van der Waals surface area (Å²) in [5, 5.41) is 0. The van der Waals surface area contributed by atoms with Crippen molar-refractivity contribution in [2.45, 2.75) is 26.7 Å². The molecule has 0 saturated heterocycles. The lowest BCUT2D eigenvalue weighted by Gasteiger charge is -2.01. The smallest absolute Gasteiger partial charge is 0.132 e. The molecule has 1 heterocycles. The van der Waals surface area contributed by atoms with E-state index in [9.17, 15) is 8.78 Å². The highest BCUT2D eigenvalue weighted by Gasteiger charge is 2.13. The lowest BCUT2D eigenvalue weighted by Crippen LogP contribution is -2.00. The van der Waals surface area contributed by atoms with Crippen molar-refractivity contribution in [3.8, 4) is 0 Å². The highest BCUT2D eigenvalue weighted by atomic mass is 19.1. The molecule has 1 aliphatic heterocycles. The summed E-state index contributed by atoms with van der Waals surface area (Å²) >= 11 is 0. The van der Waals surface area contributed by atoms with Gasteiger partial charge in [-0.2, -0.15) is 0 Å². The molecular formula is C12H15F2N. The Morgan fingerprint density at radius 2 is 1.93 bits per heavy atom. The largest absolute Gasteiger partial charge is 0.289 e. The van der Waals surface area contributed by atoms with Gasteiger partial charge in [-0.05, 0) is 31.0 Å². The molecule has 1 aromatic carbocycles. The second-order valence-corrected chi connectivity index (χ2v) is 3.06. The van der Waals surface area contributed by atoms with E-state index in [4.69, 9.17) is 0 Å².